The Balaban J connectivity index is 2.00. The van der Waals surface area contributed by atoms with Crippen molar-refractivity contribution in [2.75, 3.05) is 0 Å². The molecule has 1 aromatic heterocycles. The summed E-state index contributed by atoms with van der Waals surface area (Å²) in [4.78, 5) is 0. The summed E-state index contributed by atoms with van der Waals surface area (Å²) in [5, 5.41) is 1.32. The third kappa shape index (κ3) is 2.42. The van der Waals surface area contributed by atoms with Gasteiger partial charge in [0.25, 0.3) is 0 Å². The Hall–Kier alpha value is -1.28. The van der Waals surface area contributed by atoms with E-state index in [1.165, 1.54) is 48.6 Å². The standard InChI is InChI=1S/C17H24N2/c1-17(2,18)14-8-9-16-13(12-14)10-11-19(16)15-6-4-3-5-7-15/h8-12,15H,3-7,18H2,1-2H3. The minimum absolute atomic E-state index is 0.263. The summed E-state index contributed by atoms with van der Waals surface area (Å²) in [5.41, 5.74) is 8.50. The molecule has 1 aliphatic carbocycles. The van der Waals surface area contributed by atoms with Gasteiger partial charge in [-0.3, -0.25) is 0 Å². The van der Waals surface area contributed by atoms with E-state index < -0.39 is 0 Å². The lowest BCUT2D eigenvalue weighted by Gasteiger charge is -2.24. The molecule has 19 heavy (non-hydrogen) atoms. The van der Waals surface area contributed by atoms with Gasteiger partial charge in [-0.1, -0.05) is 25.3 Å². The highest BCUT2D eigenvalue weighted by Crippen LogP contribution is 2.32. The fourth-order valence-electron chi connectivity index (χ4n) is 3.24. The molecule has 0 spiro atoms. The Bertz CT molecular complexity index is 568. The van der Waals surface area contributed by atoms with Crippen molar-refractivity contribution < 1.29 is 0 Å². The van der Waals surface area contributed by atoms with Gasteiger partial charge in [0.15, 0.2) is 0 Å². The molecule has 1 aromatic carbocycles. The van der Waals surface area contributed by atoms with Crippen LogP contribution in [0.4, 0.5) is 0 Å². The van der Waals surface area contributed by atoms with Gasteiger partial charge in [0.05, 0.1) is 0 Å². The summed E-state index contributed by atoms with van der Waals surface area (Å²) in [5.74, 6) is 0. The molecule has 1 aliphatic rings. The number of hydrogen-bond donors (Lipinski definition) is 1. The Morgan fingerprint density at radius 3 is 2.53 bits per heavy atom. The molecule has 0 atom stereocenters. The van der Waals surface area contributed by atoms with Gasteiger partial charge in [-0.25, -0.2) is 0 Å². The van der Waals surface area contributed by atoms with Crippen LogP contribution in [0, 0.1) is 0 Å². The van der Waals surface area contributed by atoms with Crippen LogP contribution in [0.2, 0.25) is 0 Å². The van der Waals surface area contributed by atoms with E-state index in [1.807, 2.05) is 0 Å². The Morgan fingerprint density at radius 2 is 1.84 bits per heavy atom. The Kier molecular flexibility index (Phi) is 3.14. The maximum absolute atomic E-state index is 6.19. The summed E-state index contributed by atoms with van der Waals surface area (Å²) >= 11 is 0. The molecule has 0 saturated heterocycles. The van der Waals surface area contributed by atoms with Crippen molar-refractivity contribution in [3.63, 3.8) is 0 Å². The molecule has 3 rings (SSSR count). The molecule has 0 amide bonds. The van der Waals surface area contributed by atoms with Crippen LogP contribution in [-0.4, -0.2) is 4.57 Å². The van der Waals surface area contributed by atoms with E-state index in [2.05, 4.69) is 48.9 Å². The van der Waals surface area contributed by atoms with Gasteiger partial charge in [-0.2, -0.15) is 0 Å². The van der Waals surface area contributed by atoms with Crippen LogP contribution in [0.1, 0.15) is 57.6 Å². The molecule has 2 N–H and O–H groups in total. The zero-order chi connectivity index (χ0) is 13.5. The summed E-state index contributed by atoms with van der Waals surface area (Å²) in [6.45, 7) is 4.12. The van der Waals surface area contributed by atoms with Crippen molar-refractivity contribution in [1.29, 1.82) is 0 Å². The number of nitrogens with zero attached hydrogens (tertiary/aromatic N) is 1. The van der Waals surface area contributed by atoms with Crippen molar-refractivity contribution in [2.24, 2.45) is 5.73 Å². The topological polar surface area (TPSA) is 30.9 Å². The fraction of sp³-hybridized carbons (Fsp3) is 0.529. The van der Waals surface area contributed by atoms with Crippen LogP contribution >= 0.6 is 0 Å². The van der Waals surface area contributed by atoms with Gasteiger partial charge in [-0.05, 0) is 55.8 Å². The third-order valence-electron chi connectivity index (χ3n) is 4.43. The molecule has 102 valence electrons. The Labute approximate surface area is 115 Å². The number of nitrogens with two attached hydrogens (primary N) is 1. The largest absolute Gasteiger partial charge is 0.344 e. The highest BCUT2D eigenvalue weighted by molar-refractivity contribution is 5.81. The van der Waals surface area contributed by atoms with Crippen molar-refractivity contribution in [3.8, 4) is 0 Å². The van der Waals surface area contributed by atoms with Gasteiger partial charge in [0, 0.05) is 23.3 Å². The van der Waals surface area contributed by atoms with Crippen LogP contribution in [0.3, 0.4) is 0 Å². The van der Waals surface area contributed by atoms with Gasteiger partial charge in [0.1, 0.15) is 0 Å². The van der Waals surface area contributed by atoms with E-state index in [0.29, 0.717) is 6.04 Å². The number of rotatable bonds is 2. The molecular weight excluding hydrogens is 232 g/mol. The zero-order valence-electron chi connectivity index (χ0n) is 12.0. The molecule has 1 saturated carbocycles. The van der Waals surface area contributed by atoms with E-state index in [-0.39, 0.29) is 5.54 Å². The number of fused-ring (bicyclic) bond motifs is 1. The molecule has 0 unspecified atom stereocenters. The quantitative estimate of drug-likeness (QED) is 0.851. The molecule has 0 bridgehead atoms. The molecule has 1 heterocycles. The lowest BCUT2D eigenvalue weighted by Crippen LogP contribution is -2.28. The molecule has 1 fully saturated rings. The van der Waals surface area contributed by atoms with Crippen LogP contribution in [0.15, 0.2) is 30.5 Å². The second-order valence-corrected chi connectivity index (χ2v) is 6.51. The first-order valence-corrected chi connectivity index (χ1v) is 7.46. The van der Waals surface area contributed by atoms with E-state index in [4.69, 9.17) is 5.73 Å². The number of hydrogen-bond acceptors (Lipinski definition) is 1. The molecule has 0 aliphatic heterocycles. The minimum Gasteiger partial charge on any atom is -0.344 e. The summed E-state index contributed by atoms with van der Waals surface area (Å²) in [6.07, 6.45) is 9.06. The highest BCUT2D eigenvalue weighted by Gasteiger charge is 2.18. The molecule has 0 radical (unpaired) electrons. The van der Waals surface area contributed by atoms with Crippen LogP contribution in [0.5, 0.6) is 0 Å². The van der Waals surface area contributed by atoms with Crippen LogP contribution in [-0.2, 0) is 5.54 Å². The van der Waals surface area contributed by atoms with E-state index >= 15 is 0 Å². The first-order valence-electron chi connectivity index (χ1n) is 7.46. The minimum atomic E-state index is -0.263. The van der Waals surface area contributed by atoms with Crippen molar-refractivity contribution in [1.82, 2.24) is 4.57 Å². The SMILES string of the molecule is CC(C)(N)c1ccc2c(ccn2C2CCCCC2)c1. The Morgan fingerprint density at radius 1 is 1.11 bits per heavy atom. The van der Waals surface area contributed by atoms with Crippen LogP contribution < -0.4 is 5.73 Å². The lowest BCUT2D eigenvalue weighted by molar-refractivity contribution is 0.361. The average molecular weight is 256 g/mol. The van der Waals surface area contributed by atoms with Crippen molar-refractivity contribution in [3.05, 3.63) is 36.0 Å². The van der Waals surface area contributed by atoms with Crippen molar-refractivity contribution in [2.45, 2.75) is 57.5 Å². The predicted octanol–water partition coefficient (Wildman–Crippen LogP) is 4.34. The highest BCUT2D eigenvalue weighted by atomic mass is 15.0. The first-order chi connectivity index (χ1) is 9.05. The summed E-state index contributed by atoms with van der Waals surface area (Å²) in [6, 6.07) is 9.60. The second kappa shape index (κ2) is 4.68. The number of benzene rings is 1. The maximum atomic E-state index is 6.19. The second-order valence-electron chi connectivity index (χ2n) is 6.51. The predicted molar refractivity (Wildman–Crippen MR) is 81.3 cm³/mol. The normalized spacial score (nSPS) is 18.1. The van der Waals surface area contributed by atoms with Crippen molar-refractivity contribution >= 4 is 10.9 Å². The van der Waals surface area contributed by atoms with E-state index in [9.17, 15) is 0 Å². The maximum Gasteiger partial charge on any atom is 0.0483 e. The molecular formula is C17H24N2. The smallest absolute Gasteiger partial charge is 0.0483 e. The van der Waals surface area contributed by atoms with E-state index in [0.717, 1.165) is 0 Å². The molecule has 2 aromatic rings. The fourth-order valence-corrected chi connectivity index (χ4v) is 3.24. The summed E-state index contributed by atoms with van der Waals surface area (Å²) in [7, 11) is 0. The lowest BCUT2D eigenvalue weighted by atomic mass is 9.94. The zero-order valence-corrected chi connectivity index (χ0v) is 12.0. The average Bonchev–Trinajstić information content (AvgIpc) is 2.81. The van der Waals surface area contributed by atoms with Gasteiger partial charge < -0.3 is 10.3 Å². The number of aromatic nitrogens is 1. The molecule has 2 nitrogen and oxygen atoms in total. The van der Waals surface area contributed by atoms with Gasteiger partial charge in [-0.15, -0.1) is 0 Å². The molecule has 2 heteroatoms. The third-order valence-corrected chi connectivity index (χ3v) is 4.43. The monoisotopic (exact) mass is 256 g/mol. The van der Waals surface area contributed by atoms with Gasteiger partial charge >= 0.3 is 0 Å². The summed E-state index contributed by atoms with van der Waals surface area (Å²) < 4.78 is 2.47. The van der Waals surface area contributed by atoms with Crippen LogP contribution in [0.25, 0.3) is 10.9 Å². The van der Waals surface area contributed by atoms with Gasteiger partial charge in [0.2, 0.25) is 0 Å². The van der Waals surface area contributed by atoms with E-state index in [1.54, 1.807) is 0 Å². The first kappa shape index (κ1) is 12.7.